The highest BCUT2D eigenvalue weighted by atomic mass is 127. The average Bonchev–Trinajstić information content (AvgIpc) is 2.32. The van der Waals surface area contributed by atoms with Crippen molar-refractivity contribution in [1.29, 1.82) is 0 Å². The summed E-state index contributed by atoms with van der Waals surface area (Å²) >= 11 is 2.21. The van der Waals surface area contributed by atoms with Crippen molar-refractivity contribution in [2.75, 3.05) is 12.3 Å². The first-order valence-electron chi connectivity index (χ1n) is 5.25. The van der Waals surface area contributed by atoms with E-state index in [0.29, 0.717) is 12.4 Å². The van der Waals surface area contributed by atoms with Gasteiger partial charge >= 0.3 is 12.0 Å². The van der Waals surface area contributed by atoms with Crippen LogP contribution in [-0.2, 0) is 0 Å². The quantitative estimate of drug-likeness (QED) is 0.845. The van der Waals surface area contributed by atoms with Gasteiger partial charge in [-0.05, 0) is 53.8 Å². The summed E-state index contributed by atoms with van der Waals surface area (Å²) in [5.74, 6) is 0.692. The topological polar surface area (TPSA) is 83.2 Å². The zero-order chi connectivity index (χ0) is 13.0. The van der Waals surface area contributed by atoms with Crippen LogP contribution in [0.5, 0.6) is 17.8 Å². The molecule has 2 aromatic rings. The van der Waals surface area contributed by atoms with Gasteiger partial charge in [0.1, 0.15) is 5.75 Å². The molecule has 18 heavy (non-hydrogen) atoms. The lowest BCUT2D eigenvalue weighted by Gasteiger charge is -2.06. The predicted octanol–water partition coefficient (Wildman–Crippen LogP) is 2.25. The molecule has 0 atom stereocenters. The minimum atomic E-state index is 0.0639. The predicted molar refractivity (Wildman–Crippen MR) is 74.6 cm³/mol. The summed E-state index contributed by atoms with van der Waals surface area (Å²) in [5, 5.41) is 0. The largest absolute Gasteiger partial charge is 0.464 e. The third-order valence-corrected chi connectivity index (χ3v) is 2.63. The van der Waals surface area contributed by atoms with Crippen LogP contribution in [0.2, 0.25) is 0 Å². The number of rotatable bonds is 4. The Morgan fingerprint density at radius 2 is 1.78 bits per heavy atom. The van der Waals surface area contributed by atoms with Gasteiger partial charge in [-0.1, -0.05) is 0 Å². The van der Waals surface area contributed by atoms with E-state index in [2.05, 4.69) is 37.5 Å². The Balaban J connectivity index is 2.20. The number of hydrogen-bond acceptors (Lipinski definition) is 6. The summed E-state index contributed by atoms with van der Waals surface area (Å²) in [5.41, 5.74) is 5.54. The summed E-state index contributed by atoms with van der Waals surface area (Å²) in [6, 6.07) is 7.76. The molecule has 0 unspecified atom stereocenters. The molecule has 6 nitrogen and oxygen atoms in total. The third-order valence-electron chi connectivity index (χ3n) is 1.91. The number of nitrogens with two attached hydrogens (primary N) is 1. The Morgan fingerprint density at radius 1 is 1.11 bits per heavy atom. The van der Waals surface area contributed by atoms with Gasteiger partial charge in [0.15, 0.2) is 0 Å². The Morgan fingerprint density at radius 3 is 2.44 bits per heavy atom. The van der Waals surface area contributed by atoms with Gasteiger partial charge in [0.05, 0.1) is 6.61 Å². The molecular formula is C11H11IN4O2. The average molecular weight is 358 g/mol. The van der Waals surface area contributed by atoms with Crippen molar-refractivity contribution in [2.24, 2.45) is 0 Å². The second-order valence-corrected chi connectivity index (χ2v) is 4.49. The highest BCUT2D eigenvalue weighted by molar-refractivity contribution is 14.1. The van der Waals surface area contributed by atoms with E-state index < -0.39 is 0 Å². The van der Waals surface area contributed by atoms with E-state index in [1.54, 1.807) is 0 Å². The van der Waals surface area contributed by atoms with Crippen LogP contribution in [0.25, 0.3) is 0 Å². The van der Waals surface area contributed by atoms with Crippen LogP contribution >= 0.6 is 22.6 Å². The molecule has 0 aliphatic heterocycles. The van der Waals surface area contributed by atoms with Gasteiger partial charge in [-0.3, -0.25) is 0 Å². The van der Waals surface area contributed by atoms with Gasteiger partial charge in [0, 0.05) is 3.57 Å². The smallest absolute Gasteiger partial charge is 0.330 e. The molecule has 1 aromatic heterocycles. The molecule has 2 rings (SSSR count). The molecule has 0 saturated carbocycles. The molecule has 0 bridgehead atoms. The van der Waals surface area contributed by atoms with Crippen LogP contribution in [-0.4, -0.2) is 21.6 Å². The van der Waals surface area contributed by atoms with Crippen LogP contribution in [0.4, 0.5) is 5.95 Å². The van der Waals surface area contributed by atoms with Crippen molar-refractivity contribution in [3.05, 3.63) is 27.8 Å². The molecule has 0 fully saturated rings. The second kappa shape index (κ2) is 5.80. The van der Waals surface area contributed by atoms with Gasteiger partial charge in [0.25, 0.3) is 0 Å². The molecule has 1 aromatic carbocycles. The molecule has 2 N–H and O–H groups in total. The molecule has 0 aliphatic carbocycles. The summed E-state index contributed by atoms with van der Waals surface area (Å²) in [7, 11) is 0. The molecule has 0 amide bonds. The lowest BCUT2D eigenvalue weighted by molar-refractivity contribution is 0.304. The first-order valence-corrected chi connectivity index (χ1v) is 6.33. The molecule has 94 valence electrons. The number of ether oxygens (including phenoxy) is 2. The molecule has 0 saturated heterocycles. The van der Waals surface area contributed by atoms with Crippen LogP contribution in [0.15, 0.2) is 24.3 Å². The van der Waals surface area contributed by atoms with E-state index in [1.165, 1.54) is 0 Å². The lowest BCUT2D eigenvalue weighted by Crippen LogP contribution is -2.04. The fourth-order valence-corrected chi connectivity index (χ4v) is 1.56. The second-order valence-electron chi connectivity index (χ2n) is 3.25. The number of hydrogen-bond donors (Lipinski definition) is 1. The fraction of sp³-hybridized carbons (Fsp3) is 0.182. The highest BCUT2D eigenvalue weighted by Gasteiger charge is 2.07. The van der Waals surface area contributed by atoms with E-state index >= 15 is 0 Å². The monoisotopic (exact) mass is 358 g/mol. The Kier molecular flexibility index (Phi) is 4.13. The Bertz CT molecular complexity index is 533. The van der Waals surface area contributed by atoms with E-state index in [0.717, 1.165) is 3.57 Å². The molecule has 0 spiro atoms. The maximum absolute atomic E-state index is 5.54. The van der Waals surface area contributed by atoms with Gasteiger partial charge in [0.2, 0.25) is 5.95 Å². The number of halogens is 1. The van der Waals surface area contributed by atoms with Crippen molar-refractivity contribution in [1.82, 2.24) is 15.0 Å². The minimum Gasteiger partial charge on any atom is -0.464 e. The highest BCUT2D eigenvalue weighted by Crippen LogP contribution is 2.20. The number of benzene rings is 1. The Labute approximate surface area is 118 Å². The summed E-state index contributed by atoms with van der Waals surface area (Å²) in [4.78, 5) is 11.7. The zero-order valence-corrected chi connectivity index (χ0v) is 11.8. The van der Waals surface area contributed by atoms with E-state index in [4.69, 9.17) is 15.2 Å². The molecular weight excluding hydrogens is 347 g/mol. The first-order chi connectivity index (χ1) is 8.67. The number of nitrogens with zero attached hydrogens (tertiary/aromatic N) is 3. The van der Waals surface area contributed by atoms with Crippen LogP contribution in [0.3, 0.4) is 0 Å². The fourth-order valence-electron chi connectivity index (χ4n) is 1.20. The molecule has 0 radical (unpaired) electrons. The van der Waals surface area contributed by atoms with E-state index in [9.17, 15) is 0 Å². The maximum Gasteiger partial charge on any atom is 0.330 e. The normalized spacial score (nSPS) is 10.1. The van der Waals surface area contributed by atoms with Gasteiger partial charge in [-0.2, -0.15) is 9.97 Å². The van der Waals surface area contributed by atoms with Gasteiger partial charge < -0.3 is 15.2 Å². The lowest BCUT2D eigenvalue weighted by atomic mass is 10.3. The van der Waals surface area contributed by atoms with Crippen molar-refractivity contribution >= 4 is 28.5 Å². The number of nitrogen functional groups attached to an aromatic ring is 1. The zero-order valence-electron chi connectivity index (χ0n) is 9.63. The molecule has 7 heteroatoms. The molecule has 0 aliphatic rings. The molecule has 1 heterocycles. The van der Waals surface area contributed by atoms with Crippen molar-refractivity contribution < 1.29 is 9.47 Å². The van der Waals surface area contributed by atoms with Crippen molar-refractivity contribution in [3.63, 3.8) is 0 Å². The Hall–Kier alpha value is -1.64. The number of aromatic nitrogens is 3. The summed E-state index contributed by atoms with van der Waals surface area (Å²) in [6.45, 7) is 2.28. The van der Waals surface area contributed by atoms with Crippen LogP contribution in [0, 0.1) is 3.57 Å². The van der Waals surface area contributed by atoms with Gasteiger partial charge in [-0.25, -0.2) is 0 Å². The first kappa shape index (κ1) is 12.8. The van der Waals surface area contributed by atoms with Crippen molar-refractivity contribution in [2.45, 2.75) is 6.92 Å². The minimum absolute atomic E-state index is 0.0639. The van der Waals surface area contributed by atoms with Gasteiger partial charge in [-0.15, -0.1) is 4.98 Å². The maximum atomic E-state index is 5.54. The van der Waals surface area contributed by atoms with Crippen molar-refractivity contribution in [3.8, 4) is 17.8 Å². The SMILES string of the molecule is CCOc1nc(N)nc(Oc2ccc(I)cc2)n1. The van der Waals surface area contributed by atoms with E-state index in [-0.39, 0.29) is 18.0 Å². The van der Waals surface area contributed by atoms with Crippen LogP contribution in [0.1, 0.15) is 6.92 Å². The number of anilines is 1. The summed E-state index contributed by atoms with van der Waals surface area (Å²) in [6.07, 6.45) is 0. The third kappa shape index (κ3) is 3.42. The van der Waals surface area contributed by atoms with Crippen LogP contribution < -0.4 is 15.2 Å². The standard InChI is InChI=1S/C11H11IN4O2/c1-2-17-10-14-9(13)15-11(16-10)18-8-5-3-7(12)4-6-8/h3-6H,2H2,1H3,(H2,13,14,15,16). The summed E-state index contributed by atoms with van der Waals surface area (Å²) < 4.78 is 11.8. The van der Waals surface area contributed by atoms with E-state index in [1.807, 2.05) is 31.2 Å².